The third-order valence-electron chi connectivity index (χ3n) is 4.95. The molecule has 0 saturated carbocycles. The molecular weight excluding hydrogens is 374 g/mol. The maximum absolute atomic E-state index is 12.9. The number of amides is 2. The second kappa shape index (κ2) is 8.38. The van der Waals surface area contributed by atoms with Crippen LogP contribution in [0.3, 0.4) is 0 Å². The highest BCUT2D eigenvalue weighted by atomic mass is 16.6. The number of para-hydroxylation sites is 2. The summed E-state index contributed by atoms with van der Waals surface area (Å²) < 4.78 is 16.9. The molecule has 2 aromatic rings. The van der Waals surface area contributed by atoms with Crippen molar-refractivity contribution in [2.24, 2.45) is 0 Å². The fourth-order valence-electron chi connectivity index (χ4n) is 3.45. The van der Waals surface area contributed by atoms with Crippen LogP contribution in [0, 0.1) is 0 Å². The smallest absolute Gasteiger partial charge is 0.267 e. The molecule has 0 N–H and O–H groups in total. The summed E-state index contributed by atoms with van der Waals surface area (Å²) in [6.45, 7) is 4.23. The van der Waals surface area contributed by atoms with E-state index in [1.807, 2.05) is 25.1 Å². The van der Waals surface area contributed by atoms with Crippen molar-refractivity contribution in [2.75, 3.05) is 39.4 Å². The summed E-state index contributed by atoms with van der Waals surface area (Å²) in [7, 11) is 0. The van der Waals surface area contributed by atoms with Crippen molar-refractivity contribution in [1.82, 2.24) is 14.8 Å². The van der Waals surface area contributed by atoms with Gasteiger partial charge in [0.2, 0.25) is 12.0 Å². The molecule has 0 radical (unpaired) electrons. The first-order chi connectivity index (χ1) is 14.2. The largest absolute Gasteiger partial charge is 0.485 e. The standard InChI is InChI=1S/C21H23N3O5/c1-2-27-19-15(6-5-9-22-19)20(25)23-10-12-24(13-11-23)21(26)18-14-28-16-7-3-4-8-17(16)29-18/h3-9,18H,2,10-14H2,1H3. The van der Waals surface area contributed by atoms with Gasteiger partial charge in [-0.1, -0.05) is 12.1 Å². The highest BCUT2D eigenvalue weighted by molar-refractivity contribution is 5.96. The molecule has 8 heteroatoms. The van der Waals surface area contributed by atoms with Crippen LogP contribution in [0.25, 0.3) is 0 Å². The Morgan fingerprint density at radius 1 is 1.07 bits per heavy atom. The quantitative estimate of drug-likeness (QED) is 0.780. The number of piperazine rings is 1. The van der Waals surface area contributed by atoms with Crippen molar-refractivity contribution in [3.8, 4) is 17.4 Å². The van der Waals surface area contributed by atoms with Gasteiger partial charge in [0, 0.05) is 32.4 Å². The summed E-state index contributed by atoms with van der Waals surface area (Å²) in [5.41, 5.74) is 0.440. The van der Waals surface area contributed by atoms with E-state index in [4.69, 9.17) is 14.2 Å². The van der Waals surface area contributed by atoms with Crippen LogP contribution in [0.1, 0.15) is 17.3 Å². The van der Waals surface area contributed by atoms with E-state index < -0.39 is 6.10 Å². The normalized spacial score (nSPS) is 18.3. The van der Waals surface area contributed by atoms with Crippen molar-refractivity contribution in [3.63, 3.8) is 0 Å². The van der Waals surface area contributed by atoms with Gasteiger partial charge in [-0.3, -0.25) is 9.59 Å². The minimum atomic E-state index is -0.671. The predicted molar refractivity (Wildman–Crippen MR) is 104 cm³/mol. The van der Waals surface area contributed by atoms with Gasteiger partial charge >= 0.3 is 0 Å². The number of aromatic nitrogens is 1. The lowest BCUT2D eigenvalue weighted by Crippen LogP contribution is -2.55. The van der Waals surface area contributed by atoms with Crippen LogP contribution in [-0.2, 0) is 4.79 Å². The molecule has 2 aliphatic heterocycles. The lowest BCUT2D eigenvalue weighted by molar-refractivity contribution is -0.142. The Balaban J connectivity index is 1.36. The summed E-state index contributed by atoms with van der Waals surface area (Å²) in [4.78, 5) is 33.3. The van der Waals surface area contributed by atoms with Gasteiger partial charge in [0.1, 0.15) is 12.2 Å². The van der Waals surface area contributed by atoms with E-state index in [-0.39, 0.29) is 18.4 Å². The van der Waals surface area contributed by atoms with Gasteiger partial charge in [-0.2, -0.15) is 0 Å². The van der Waals surface area contributed by atoms with Gasteiger partial charge in [0.15, 0.2) is 11.5 Å². The second-order valence-electron chi connectivity index (χ2n) is 6.77. The molecular formula is C21H23N3O5. The SMILES string of the molecule is CCOc1ncccc1C(=O)N1CCN(C(=O)C2COc3ccccc3O2)CC1. The number of hydrogen-bond acceptors (Lipinski definition) is 6. The van der Waals surface area contributed by atoms with Gasteiger partial charge in [0.05, 0.1) is 6.61 Å². The highest BCUT2D eigenvalue weighted by Crippen LogP contribution is 2.31. The summed E-state index contributed by atoms with van der Waals surface area (Å²) in [6, 6.07) is 10.7. The minimum Gasteiger partial charge on any atom is -0.485 e. The molecule has 1 atom stereocenters. The third kappa shape index (κ3) is 3.96. The zero-order chi connectivity index (χ0) is 20.2. The van der Waals surface area contributed by atoms with Crippen LogP contribution >= 0.6 is 0 Å². The molecule has 1 saturated heterocycles. The zero-order valence-electron chi connectivity index (χ0n) is 16.2. The second-order valence-corrected chi connectivity index (χ2v) is 6.77. The number of pyridine rings is 1. The Hall–Kier alpha value is -3.29. The maximum atomic E-state index is 12.9. The lowest BCUT2D eigenvalue weighted by atomic mass is 10.2. The van der Waals surface area contributed by atoms with E-state index in [1.54, 1.807) is 34.2 Å². The molecule has 1 fully saturated rings. The fourth-order valence-corrected chi connectivity index (χ4v) is 3.45. The van der Waals surface area contributed by atoms with Gasteiger partial charge in [-0.15, -0.1) is 0 Å². The first kappa shape index (κ1) is 19.0. The molecule has 1 aromatic heterocycles. The molecule has 2 aliphatic rings. The summed E-state index contributed by atoms with van der Waals surface area (Å²) >= 11 is 0. The van der Waals surface area contributed by atoms with E-state index in [0.717, 1.165) is 0 Å². The van der Waals surface area contributed by atoms with Crippen molar-refractivity contribution >= 4 is 11.8 Å². The Morgan fingerprint density at radius 2 is 1.79 bits per heavy atom. The molecule has 2 amide bonds. The number of hydrogen-bond donors (Lipinski definition) is 0. The number of carbonyl (C=O) groups is 2. The number of rotatable bonds is 4. The fraction of sp³-hybridized carbons (Fsp3) is 0.381. The van der Waals surface area contributed by atoms with Crippen LogP contribution in [0.4, 0.5) is 0 Å². The maximum Gasteiger partial charge on any atom is 0.267 e. The van der Waals surface area contributed by atoms with Crippen molar-refractivity contribution in [3.05, 3.63) is 48.2 Å². The van der Waals surface area contributed by atoms with E-state index in [9.17, 15) is 9.59 Å². The summed E-state index contributed by atoms with van der Waals surface area (Å²) in [6.07, 6.45) is 0.929. The first-order valence-electron chi connectivity index (χ1n) is 9.71. The topological polar surface area (TPSA) is 81.2 Å². The lowest BCUT2D eigenvalue weighted by Gasteiger charge is -2.37. The summed E-state index contributed by atoms with van der Waals surface area (Å²) in [5.74, 6) is 1.30. The van der Waals surface area contributed by atoms with Crippen LogP contribution in [-0.4, -0.2) is 72.1 Å². The minimum absolute atomic E-state index is 0.122. The average Bonchev–Trinajstić information content (AvgIpc) is 2.78. The molecule has 0 bridgehead atoms. The molecule has 152 valence electrons. The van der Waals surface area contributed by atoms with E-state index in [0.29, 0.717) is 55.7 Å². The Morgan fingerprint density at radius 3 is 2.55 bits per heavy atom. The van der Waals surface area contributed by atoms with Crippen molar-refractivity contribution < 1.29 is 23.8 Å². The van der Waals surface area contributed by atoms with Gasteiger partial charge < -0.3 is 24.0 Å². The number of fused-ring (bicyclic) bond motifs is 1. The average molecular weight is 397 g/mol. The molecule has 1 unspecified atom stereocenters. The van der Waals surface area contributed by atoms with E-state index in [2.05, 4.69) is 4.98 Å². The van der Waals surface area contributed by atoms with E-state index >= 15 is 0 Å². The third-order valence-corrected chi connectivity index (χ3v) is 4.95. The van der Waals surface area contributed by atoms with E-state index in [1.165, 1.54) is 0 Å². The number of ether oxygens (including phenoxy) is 3. The molecule has 1 aromatic carbocycles. The number of benzene rings is 1. The molecule has 3 heterocycles. The number of nitrogens with zero attached hydrogens (tertiary/aromatic N) is 3. The van der Waals surface area contributed by atoms with Crippen LogP contribution in [0.2, 0.25) is 0 Å². The Bertz CT molecular complexity index is 895. The molecule has 29 heavy (non-hydrogen) atoms. The van der Waals surface area contributed by atoms with Crippen LogP contribution in [0.15, 0.2) is 42.6 Å². The molecule has 8 nitrogen and oxygen atoms in total. The molecule has 0 aliphatic carbocycles. The predicted octanol–water partition coefficient (Wildman–Crippen LogP) is 1.60. The van der Waals surface area contributed by atoms with Crippen molar-refractivity contribution in [1.29, 1.82) is 0 Å². The van der Waals surface area contributed by atoms with Gasteiger partial charge in [-0.05, 0) is 31.2 Å². The van der Waals surface area contributed by atoms with Gasteiger partial charge in [0.25, 0.3) is 11.8 Å². The first-order valence-corrected chi connectivity index (χ1v) is 9.71. The Labute approximate surface area is 169 Å². The molecule has 4 rings (SSSR count). The zero-order valence-corrected chi connectivity index (χ0v) is 16.2. The number of carbonyl (C=O) groups excluding carboxylic acids is 2. The van der Waals surface area contributed by atoms with Crippen molar-refractivity contribution in [2.45, 2.75) is 13.0 Å². The summed E-state index contributed by atoms with van der Waals surface area (Å²) in [5, 5.41) is 0. The van der Waals surface area contributed by atoms with Crippen LogP contribution < -0.4 is 14.2 Å². The van der Waals surface area contributed by atoms with Crippen LogP contribution in [0.5, 0.6) is 17.4 Å². The molecule has 0 spiro atoms. The van der Waals surface area contributed by atoms with Gasteiger partial charge in [-0.25, -0.2) is 4.98 Å². The Kier molecular flexibility index (Phi) is 5.50. The highest BCUT2D eigenvalue weighted by Gasteiger charge is 2.34. The monoisotopic (exact) mass is 397 g/mol.